The van der Waals surface area contributed by atoms with Gasteiger partial charge in [-0.15, -0.1) is 0 Å². The van der Waals surface area contributed by atoms with Crippen LogP contribution in [-0.4, -0.2) is 23.5 Å². The molecule has 0 radical (unpaired) electrons. The average Bonchev–Trinajstić information content (AvgIpc) is 2.15. The van der Waals surface area contributed by atoms with E-state index >= 15 is 0 Å². The van der Waals surface area contributed by atoms with Crippen molar-refractivity contribution in [3.05, 3.63) is 18.3 Å². The molecule has 0 aromatic carbocycles. The van der Waals surface area contributed by atoms with Crippen LogP contribution in [0, 0.1) is 0 Å². The van der Waals surface area contributed by atoms with Crippen LogP contribution in [0.5, 0.6) is 0 Å². The van der Waals surface area contributed by atoms with Crippen molar-refractivity contribution in [2.24, 2.45) is 0 Å². The number of pyridine rings is 1. The molecule has 1 heterocycles. The number of nitrogens with one attached hydrogen (secondary N) is 1. The molecule has 0 saturated carbocycles. The number of nitrogen functional groups attached to an aromatic ring is 1. The van der Waals surface area contributed by atoms with Gasteiger partial charge in [0.05, 0.1) is 5.69 Å². The standard InChI is InChI=1S/C9H15N3S/c1-13-7-3-6-11-8-4-2-5-12-9(8)10/h2,4-5,11H,3,6-7H2,1H3,(H2,10,12). The number of nitrogens with two attached hydrogens (primary N) is 1. The topological polar surface area (TPSA) is 50.9 Å². The predicted molar refractivity (Wildman–Crippen MR) is 60.1 cm³/mol. The predicted octanol–water partition coefficient (Wildman–Crippen LogP) is 1.83. The van der Waals surface area contributed by atoms with Gasteiger partial charge in [-0.3, -0.25) is 0 Å². The lowest BCUT2D eigenvalue weighted by Crippen LogP contribution is -2.05. The van der Waals surface area contributed by atoms with Crippen molar-refractivity contribution in [2.75, 3.05) is 29.6 Å². The van der Waals surface area contributed by atoms with Gasteiger partial charge in [-0.1, -0.05) is 0 Å². The highest BCUT2D eigenvalue weighted by molar-refractivity contribution is 7.98. The lowest BCUT2D eigenvalue weighted by Gasteiger charge is -2.06. The molecule has 0 aliphatic rings. The minimum atomic E-state index is 0.576. The Morgan fingerprint density at radius 2 is 2.46 bits per heavy atom. The maximum atomic E-state index is 5.66. The quantitative estimate of drug-likeness (QED) is 0.707. The molecular weight excluding hydrogens is 182 g/mol. The first-order valence-electron chi connectivity index (χ1n) is 4.28. The van der Waals surface area contributed by atoms with Crippen molar-refractivity contribution >= 4 is 23.3 Å². The van der Waals surface area contributed by atoms with Gasteiger partial charge in [0.25, 0.3) is 0 Å². The molecule has 0 spiro atoms. The number of thioether (sulfide) groups is 1. The van der Waals surface area contributed by atoms with Crippen LogP contribution in [0.15, 0.2) is 18.3 Å². The highest BCUT2D eigenvalue weighted by Gasteiger charge is 1.96. The SMILES string of the molecule is CSCCCNc1cccnc1N. The highest BCUT2D eigenvalue weighted by atomic mass is 32.2. The summed E-state index contributed by atoms with van der Waals surface area (Å²) in [6.45, 7) is 0.955. The molecule has 1 aromatic rings. The summed E-state index contributed by atoms with van der Waals surface area (Å²) >= 11 is 1.85. The summed E-state index contributed by atoms with van der Waals surface area (Å²) < 4.78 is 0. The summed E-state index contributed by atoms with van der Waals surface area (Å²) in [4.78, 5) is 3.99. The number of hydrogen-bond acceptors (Lipinski definition) is 4. The molecule has 0 aliphatic heterocycles. The molecule has 0 amide bonds. The molecule has 1 rings (SSSR count). The fraction of sp³-hybridized carbons (Fsp3) is 0.444. The molecule has 3 N–H and O–H groups in total. The molecule has 0 fully saturated rings. The van der Waals surface area contributed by atoms with Crippen molar-refractivity contribution in [2.45, 2.75) is 6.42 Å². The van der Waals surface area contributed by atoms with Crippen LogP contribution in [0.2, 0.25) is 0 Å². The van der Waals surface area contributed by atoms with Crippen LogP contribution < -0.4 is 11.1 Å². The van der Waals surface area contributed by atoms with E-state index < -0.39 is 0 Å². The van der Waals surface area contributed by atoms with Gasteiger partial charge in [0, 0.05) is 12.7 Å². The summed E-state index contributed by atoms with van der Waals surface area (Å²) in [5, 5.41) is 3.25. The number of aromatic nitrogens is 1. The minimum absolute atomic E-state index is 0.576. The minimum Gasteiger partial charge on any atom is -0.382 e. The Balaban J connectivity index is 2.32. The third kappa shape index (κ3) is 3.55. The van der Waals surface area contributed by atoms with Crippen molar-refractivity contribution in [1.29, 1.82) is 0 Å². The van der Waals surface area contributed by atoms with E-state index in [2.05, 4.69) is 16.6 Å². The van der Waals surface area contributed by atoms with Gasteiger partial charge in [0.2, 0.25) is 0 Å². The fourth-order valence-corrected chi connectivity index (χ4v) is 1.44. The summed E-state index contributed by atoms with van der Waals surface area (Å²) in [5.74, 6) is 1.75. The van der Waals surface area contributed by atoms with Gasteiger partial charge < -0.3 is 11.1 Å². The first-order valence-corrected chi connectivity index (χ1v) is 5.67. The molecular formula is C9H15N3S. The van der Waals surface area contributed by atoms with Crippen LogP contribution >= 0.6 is 11.8 Å². The number of rotatable bonds is 5. The second kappa shape index (κ2) is 5.70. The highest BCUT2D eigenvalue weighted by Crippen LogP contribution is 2.13. The zero-order chi connectivity index (χ0) is 9.52. The normalized spacial score (nSPS) is 9.92. The molecule has 3 nitrogen and oxygen atoms in total. The van der Waals surface area contributed by atoms with E-state index in [1.54, 1.807) is 6.20 Å². The third-order valence-corrected chi connectivity index (χ3v) is 2.38. The molecule has 0 bridgehead atoms. The lowest BCUT2D eigenvalue weighted by atomic mass is 10.3. The van der Waals surface area contributed by atoms with E-state index in [-0.39, 0.29) is 0 Å². The maximum absolute atomic E-state index is 5.66. The largest absolute Gasteiger partial charge is 0.382 e. The summed E-state index contributed by atoms with van der Waals surface area (Å²) in [6, 6.07) is 3.83. The Morgan fingerprint density at radius 3 is 3.15 bits per heavy atom. The van der Waals surface area contributed by atoms with Crippen LogP contribution in [0.25, 0.3) is 0 Å². The molecule has 13 heavy (non-hydrogen) atoms. The Labute approximate surface area is 83.1 Å². The van der Waals surface area contributed by atoms with Crippen LogP contribution in [-0.2, 0) is 0 Å². The monoisotopic (exact) mass is 197 g/mol. The second-order valence-corrected chi connectivity index (χ2v) is 3.69. The maximum Gasteiger partial charge on any atom is 0.146 e. The molecule has 0 saturated heterocycles. The first kappa shape index (κ1) is 10.2. The smallest absolute Gasteiger partial charge is 0.146 e. The summed E-state index contributed by atoms with van der Waals surface area (Å²) in [6.07, 6.45) is 4.95. The Hall–Kier alpha value is -0.900. The number of nitrogens with zero attached hydrogens (tertiary/aromatic N) is 1. The second-order valence-electron chi connectivity index (χ2n) is 2.71. The third-order valence-electron chi connectivity index (χ3n) is 1.68. The van der Waals surface area contributed by atoms with Gasteiger partial charge >= 0.3 is 0 Å². The molecule has 1 aromatic heterocycles. The van der Waals surface area contributed by atoms with Crippen molar-refractivity contribution < 1.29 is 0 Å². The molecule has 4 heteroatoms. The molecule has 72 valence electrons. The van der Waals surface area contributed by atoms with Crippen LogP contribution in [0.1, 0.15) is 6.42 Å². The number of hydrogen-bond donors (Lipinski definition) is 2. The van der Waals surface area contributed by atoms with E-state index in [0.717, 1.165) is 18.7 Å². The molecule has 0 unspecified atom stereocenters. The van der Waals surface area contributed by atoms with Gasteiger partial charge in [-0.25, -0.2) is 4.98 Å². The van der Waals surface area contributed by atoms with E-state index in [1.165, 1.54) is 5.75 Å². The summed E-state index contributed by atoms with van der Waals surface area (Å²) in [7, 11) is 0. The molecule has 0 aliphatic carbocycles. The van der Waals surface area contributed by atoms with Crippen molar-refractivity contribution in [1.82, 2.24) is 4.98 Å². The zero-order valence-electron chi connectivity index (χ0n) is 7.79. The number of anilines is 2. The Bertz CT molecular complexity index is 252. The lowest BCUT2D eigenvalue weighted by molar-refractivity contribution is 0.992. The van der Waals surface area contributed by atoms with Gasteiger partial charge in [-0.2, -0.15) is 11.8 Å². The average molecular weight is 197 g/mol. The molecule has 0 atom stereocenters. The van der Waals surface area contributed by atoms with Crippen molar-refractivity contribution in [3.63, 3.8) is 0 Å². The van der Waals surface area contributed by atoms with E-state index in [1.807, 2.05) is 23.9 Å². The van der Waals surface area contributed by atoms with E-state index in [9.17, 15) is 0 Å². The van der Waals surface area contributed by atoms with E-state index in [0.29, 0.717) is 5.82 Å². The van der Waals surface area contributed by atoms with Crippen molar-refractivity contribution in [3.8, 4) is 0 Å². The van der Waals surface area contributed by atoms with Crippen LogP contribution in [0.3, 0.4) is 0 Å². The van der Waals surface area contributed by atoms with Gasteiger partial charge in [0.15, 0.2) is 0 Å². The van der Waals surface area contributed by atoms with Gasteiger partial charge in [0.1, 0.15) is 5.82 Å². The van der Waals surface area contributed by atoms with Crippen LogP contribution in [0.4, 0.5) is 11.5 Å². The Morgan fingerprint density at radius 1 is 1.62 bits per heavy atom. The fourth-order valence-electron chi connectivity index (χ4n) is 1.01. The van der Waals surface area contributed by atoms with E-state index in [4.69, 9.17) is 5.73 Å². The summed E-state index contributed by atoms with van der Waals surface area (Å²) in [5.41, 5.74) is 6.59. The zero-order valence-corrected chi connectivity index (χ0v) is 8.60. The first-order chi connectivity index (χ1) is 6.34. The van der Waals surface area contributed by atoms with Gasteiger partial charge in [-0.05, 0) is 30.6 Å². The Kier molecular flexibility index (Phi) is 4.46.